The van der Waals surface area contributed by atoms with Gasteiger partial charge >= 0.3 is 16.9 Å². The lowest BCUT2D eigenvalue weighted by Crippen LogP contribution is -2.40. The van der Waals surface area contributed by atoms with Crippen LogP contribution in [0.1, 0.15) is 39.5 Å². The van der Waals surface area contributed by atoms with Crippen molar-refractivity contribution in [1.82, 2.24) is 9.13 Å². The molecule has 0 saturated heterocycles. The van der Waals surface area contributed by atoms with E-state index in [0.717, 1.165) is 10.8 Å². The number of carbonyl (C=O) groups is 1. The van der Waals surface area contributed by atoms with Crippen molar-refractivity contribution in [1.29, 1.82) is 0 Å². The monoisotopic (exact) mass is 297 g/mol. The van der Waals surface area contributed by atoms with Gasteiger partial charge in [0.2, 0.25) is 0 Å². The summed E-state index contributed by atoms with van der Waals surface area (Å²) in [6.07, 6.45) is 2.98. The lowest BCUT2D eigenvalue weighted by molar-refractivity contribution is -0.387. The highest BCUT2D eigenvalue weighted by Crippen LogP contribution is 2.03. The maximum atomic E-state index is 12.1. The molecule has 0 spiro atoms. The van der Waals surface area contributed by atoms with Gasteiger partial charge in [-0.1, -0.05) is 6.92 Å². The molecule has 0 amide bonds. The molecule has 8 heteroatoms. The lowest BCUT2D eigenvalue weighted by atomic mass is 10.2. The zero-order valence-electron chi connectivity index (χ0n) is 12.2. The molecule has 0 fully saturated rings. The molecule has 0 N–H and O–H groups in total. The van der Waals surface area contributed by atoms with Crippen LogP contribution in [-0.4, -0.2) is 19.8 Å². The molecule has 21 heavy (non-hydrogen) atoms. The molecule has 0 aliphatic carbocycles. The number of unbranched alkanes of at least 4 members (excludes halogenated alkanes) is 1. The highest BCUT2D eigenvalue weighted by molar-refractivity contribution is 5.75. The first-order chi connectivity index (χ1) is 9.88. The predicted molar refractivity (Wildman–Crippen MR) is 76.4 cm³/mol. The van der Waals surface area contributed by atoms with E-state index in [1.807, 2.05) is 6.92 Å². The van der Waals surface area contributed by atoms with Crippen LogP contribution in [0.5, 0.6) is 0 Å². The maximum Gasteiger partial charge on any atom is 0.350 e. The van der Waals surface area contributed by atoms with Gasteiger partial charge in [0, 0.05) is 19.5 Å². The van der Waals surface area contributed by atoms with E-state index in [1.54, 1.807) is 0 Å². The normalized spacial score (nSPS) is 10.6. The van der Waals surface area contributed by atoms with Crippen LogP contribution in [0.3, 0.4) is 0 Å². The Morgan fingerprint density at radius 2 is 1.95 bits per heavy atom. The molecule has 0 bridgehead atoms. The van der Waals surface area contributed by atoms with Crippen LogP contribution in [0.2, 0.25) is 0 Å². The summed E-state index contributed by atoms with van der Waals surface area (Å²) in [6, 6.07) is 0. The van der Waals surface area contributed by atoms with E-state index in [-0.39, 0.29) is 12.3 Å². The van der Waals surface area contributed by atoms with Gasteiger partial charge in [0.15, 0.2) is 0 Å². The first-order valence-corrected chi connectivity index (χ1v) is 6.86. The molecule has 0 aliphatic heterocycles. The standard InChI is InChI=1S/C13H19N3O5/c1-3-7-14-9-11(16(20)21)12(18)15(13(14)19)8-5-4-6-10(2)17/h9H,3-8H2,1-2H3. The van der Waals surface area contributed by atoms with Gasteiger partial charge in [0.1, 0.15) is 5.78 Å². The van der Waals surface area contributed by atoms with E-state index < -0.39 is 21.9 Å². The third kappa shape index (κ3) is 4.37. The van der Waals surface area contributed by atoms with Crippen LogP contribution in [0.15, 0.2) is 15.8 Å². The minimum absolute atomic E-state index is 0.0322. The average molecular weight is 297 g/mol. The van der Waals surface area contributed by atoms with Crippen molar-refractivity contribution in [3.63, 3.8) is 0 Å². The summed E-state index contributed by atoms with van der Waals surface area (Å²) in [6.45, 7) is 3.69. The molecule has 1 aromatic rings. The van der Waals surface area contributed by atoms with Gasteiger partial charge in [-0.3, -0.25) is 24.0 Å². The predicted octanol–water partition coefficient (Wildman–Crippen LogP) is 1.09. The first-order valence-electron chi connectivity index (χ1n) is 6.86. The Hall–Kier alpha value is -2.25. The van der Waals surface area contributed by atoms with Gasteiger partial charge in [0.25, 0.3) is 0 Å². The zero-order chi connectivity index (χ0) is 16.0. The number of aryl methyl sites for hydroxylation is 1. The molecule has 0 atom stereocenters. The SMILES string of the molecule is CCCn1cc([N+](=O)[O-])c(=O)n(CCCCC(C)=O)c1=O. The molecule has 0 unspecified atom stereocenters. The second kappa shape index (κ2) is 7.51. The number of ketones is 1. The Morgan fingerprint density at radius 1 is 1.29 bits per heavy atom. The van der Waals surface area contributed by atoms with Crippen LogP contribution >= 0.6 is 0 Å². The second-order valence-electron chi connectivity index (χ2n) is 4.86. The van der Waals surface area contributed by atoms with Crippen molar-refractivity contribution in [2.75, 3.05) is 0 Å². The van der Waals surface area contributed by atoms with Crippen molar-refractivity contribution < 1.29 is 9.72 Å². The average Bonchev–Trinajstić information content (AvgIpc) is 2.40. The third-order valence-corrected chi connectivity index (χ3v) is 3.04. The molecule has 0 saturated carbocycles. The van der Waals surface area contributed by atoms with Crippen LogP contribution in [0.4, 0.5) is 5.69 Å². The van der Waals surface area contributed by atoms with E-state index in [0.29, 0.717) is 32.2 Å². The van der Waals surface area contributed by atoms with Crippen LogP contribution in [0, 0.1) is 10.1 Å². The Morgan fingerprint density at radius 3 is 2.48 bits per heavy atom. The largest absolute Gasteiger partial charge is 0.350 e. The van der Waals surface area contributed by atoms with E-state index in [1.165, 1.54) is 11.5 Å². The number of aromatic nitrogens is 2. The number of hydrogen-bond acceptors (Lipinski definition) is 5. The molecule has 1 heterocycles. The van der Waals surface area contributed by atoms with Gasteiger partial charge in [-0.05, 0) is 26.2 Å². The number of Topliss-reactive ketones (excluding diaryl/α,β-unsaturated/α-hetero) is 1. The Kier molecular flexibility index (Phi) is 6.01. The van der Waals surface area contributed by atoms with Crippen molar-refractivity contribution >= 4 is 11.5 Å². The number of hydrogen-bond donors (Lipinski definition) is 0. The summed E-state index contributed by atoms with van der Waals surface area (Å²) < 4.78 is 2.07. The molecular formula is C13H19N3O5. The molecule has 1 aromatic heterocycles. The number of nitro groups is 1. The zero-order valence-corrected chi connectivity index (χ0v) is 12.2. The number of carbonyl (C=O) groups excluding carboxylic acids is 1. The summed E-state index contributed by atoms with van der Waals surface area (Å²) >= 11 is 0. The van der Waals surface area contributed by atoms with Gasteiger partial charge in [-0.25, -0.2) is 4.79 Å². The van der Waals surface area contributed by atoms with E-state index >= 15 is 0 Å². The highest BCUT2D eigenvalue weighted by Gasteiger charge is 2.19. The summed E-state index contributed by atoms with van der Waals surface area (Å²) in [7, 11) is 0. The van der Waals surface area contributed by atoms with Gasteiger partial charge in [-0.2, -0.15) is 0 Å². The van der Waals surface area contributed by atoms with Gasteiger partial charge in [0.05, 0.1) is 11.1 Å². The lowest BCUT2D eigenvalue weighted by Gasteiger charge is -2.09. The quantitative estimate of drug-likeness (QED) is 0.406. The maximum absolute atomic E-state index is 12.1. The third-order valence-electron chi connectivity index (χ3n) is 3.04. The number of nitrogens with zero attached hydrogens (tertiary/aromatic N) is 3. The fourth-order valence-electron chi connectivity index (χ4n) is 2.01. The number of rotatable bonds is 8. The van der Waals surface area contributed by atoms with Crippen molar-refractivity contribution in [3.8, 4) is 0 Å². The summed E-state index contributed by atoms with van der Waals surface area (Å²) in [4.78, 5) is 45.0. The Labute approximate surface area is 121 Å². The molecule has 0 aliphatic rings. The Balaban J connectivity index is 3.10. The minimum Gasteiger partial charge on any atom is -0.300 e. The van der Waals surface area contributed by atoms with Gasteiger partial charge < -0.3 is 4.79 Å². The summed E-state index contributed by atoms with van der Waals surface area (Å²) in [5.41, 5.74) is -2.04. The van der Waals surface area contributed by atoms with Crippen molar-refractivity contribution in [3.05, 3.63) is 37.1 Å². The van der Waals surface area contributed by atoms with E-state index in [9.17, 15) is 24.5 Å². The highest BCUT2D eigenvalue weighted by atomic mass is 16.6. The smallest absolute Gasteiger partial charge is 0.300 e. The molecule has 116 valence electrons. The van der Waals surface area contributed by atoms with E-state index in [2.05, 4.69) is 0 Å². The fourth-order valence-corrected chi connectivity index (χ4v) is 2.01. The fraction of sp³-hybridized carbons (Fsp3) is 0.615. The first kappa shape index (κ1) is 16.8. The molecule has 8 nitrogen and oxygen atoms in total. The molecule has 1 rings (SSSR count). The van der Waals surface area contributed by atoms with Crippen molar-refractivity contribution in [2.45, 2.75) is 52.6 Å². The summed E-state index contributed by atoms with van der Waals surface area (Å²) in [5, 5.41) is 10.9. The van der Waals surface area contributed by atoms with Crippen LogP contribution in [0.25, 0.3) is 0 Å². The van der Waals surface area contributed by atoms with E-state index in [4.69, 9.17) is 0 Å². The van der Waals surface area contributed by atoms with Gasteiger partial charge in [-0.15, -0.1) is 0 Å². The minimum atomic E-state index is -0.889. The van der Waals surface area contributed by atoms with Crippen LogP contribution in [-0.2, 0) is 17.9 Å². The second-order valence-corrected chi connectivity index (χ2v) is 4.86. The molecule has 0 aromatic carbocycles. The van der Waals surface area contributed by atoms with Crippen molar-refractivity contribution in [2.24, 2.45) is 0 Å². The van der Waals surface area contributed by atoms with Crippen LogP contribution < -0.4 is 11.2 Å². The molecular weight excluding hydrogens is 278 g/mol. The Bertz CT molecular complexity index is 644. The summed E-state index contributed by atoms with van der Waals surface area (Å²) in [5.74, 6) is 0.0322. The topological polar surface area (TPSA) is 104 Å². The molecule has 0 radical (unpaired) electrons.